The van der Waals surface area contributed by atoms with Gasteiger partial charge in [0.15, 0.2) is 0 Å². The highest BCUT2D eigenvalue weighted by molar-refractivity contribution is 5.94. The lowest BCUT2D eigenvalue weighted by atomic mass is 10.2. The van der Waals surface area contributed by atoms with Crippen molar-refractivity contribution in [2.45, 2.75) is 18.9 Å². The first-order chi connectivity index (χ1) is 8.18. The Morgan fingerprint density at radius 1 is 1.53 bits per heavy atom. The normalized spacial score (nSPS) is 20.0. The Morgan fingerprint density at radius 3 is 3.00 bits per heavy atom. The van der Waals surface area contributed by atoms with Gasteiger partial charge in [-0.25, -0.2) is 0 Å². The number of nitrogens with zero attached hydrogens (tertiary/aromatic N) is 1. The molecule has 2 rings (SSSR count). The molecule has 0 radical (unpaired) electrons. The third kappa shape index (κ3) is 2.55. The van der Waals surface area contributed by atoms with Crippen molar-refractivity contribution in [3.8, 4) is 0 Å². The minimum absolute atomic E-state index is 0.326. The number of likely N-dealkylation sites (tertiary alicyclic amines) is 1. The van der Waals surface area contributed by atoms with Gasteiger partial charge in [-0.1, -0.05) is 0 Å². The molecule has 0 aliphatic carbocycles. The van der Waals surface area contributed by atoms with Gasteiger partial charge in [-0.15, -0.1) is 0 Å². The standard InChI is InChI=1S/C12H13NO4/c14-11(6-5-9-3-2-8-17-9)13-7-1-4-10(13)12(15)16/h2-3,5-6,8,10H,1,4,7H2,(H,15,16)/p-1. The zero-order valence-corrected chi connectivity index (χ0v) is 9.17. The third-order valence-electron chi connectivity index (χ3n) is 2.74. The number of aliphatic carboxylic acids is 1. The Balaban J connectivity index is 2.02. The maximum Gasteiger partial charge on any atom is 0.247 e. The molecule has 90 valence electrons. The van der Waals surface area contributed by atoms with Crippen molar-refractivity contribution in [1.29, 1.82) is 0 Å². The highest BCUT2D eigenvalue weighted by Gasteiger charge is 2.28. The molecule has 1 aliphatic rings. The molecule has 1 unspecified atom stereocenters. The van der Waals surface area contributed by atoms with E-state index in [1.165, 1.54) is 23.3 Å². The molecule has 1 fully saturated rings. The van der Waals surface area contributed by atoms with Crippen LogP contribution in [0.5, 0.6) is 0 Å². The van der Waals surface area contributed by atoms with Crippen LogP contribution in [0.3, 0.4) is 0 Å². The van der Waals surface area contributed by atoms with Gasteiger partial charge >= 0.3 is 0 Å². The highest BCUT2D eigenvalue weighted by atomic mass is 16.4. The molecular formula is C12H12NO4-. The number of hydrogen-bond acceptors (Lipinski definition) is 4. The smallest absolute Gasteiger partial charge is 0.247 e. The average Bonchev–Trinajstić information content (AvgIpc) is 2.96. The van der Waals surface area contributed by atoms with E-state index in [9.17, 15) is 14.7 Å². The van der Waals surface area contributed by atoms with E-state index < -0.39 is 12.0 Å². The van der Waals surface area contributed by atoms with E-state index in [0.717, 1.165) is 0 Å². The van der Waals surface area contributed by atoms with Crippen LogP contribution in [-0.4, -0.2) is 29.4 Å². The predicted molar refractivity (Wildman–Crippen MR) is 57.5 cm³/mol. The Kier molecular flexibility index (Phi) is 3.27. The minimum Gasteiger partial charge on any atom is -0.548 e. The van der Waals surface area contributed by atoms with E-state index in [1.54, 1.807) is 12.1 Å². The minimum atomic E-state index is -1.19. The van der Waals surface area contributed by atoms with E-state index in [2.05, 4.69) is 0 Å². The maximum absolute atomic E-state index is 11.8. The average molecular weight is 234 g/mol. The summed E-state index contributed by atoms with van der Waals surface area (Å²) in [6.45, 7) is 0.458. The largest absolute Gasteiger partial charge is 0.548 e. The second-order valence-corrected chi connectivity index (χ2v) is 3.86. The summed E-state index contributed by atoms with van der Waals surface area (Å²) in [6.07, 6.45) is 5.50. The van der Waals surface area contributed by atoms with Gasteiger partial charge in [-0.3, -0.25) is 4.79 Å². The molecular weight excluding hydrogens is 222 g/mol. The van der Waals surface area contributed by atoms with Crippen LogP contribution in [0.1, 0.15) is 18.6 Å². The van der Waals surface area contributed by atoms with Crippen LogP contribution in [0.2, 0.25) is 0 Å². The lowest BCUT2D eigenvalue weighted by molar-refractivity contribution is -0.310. The van der Waals surface area contributed by atoms with Crippen molar-refractivity contribution in [1.82, 2.24) is 4.90 Å². The van der Waals surface area contributed by atoms with E-state index in [1.807, 2.05) is 0 Å². The Hall–Kier alpha value is -2.04. The number of carbonyl (C=O) groups excluding carboxylic acids is 2. The second-order valence-electron chi connectivity index (χ2n) is 3.86. The monoisotopic (exact) mass is 234 g/mol. The summed E-state index contributed by atoms with van der Waals surface area (Å²) in [6, 6.07) is 2.62. The second kappa shape index (κ2) is 4.86. The van der Waals surface area contributed by atoms with Crippen LogP contribution in [0.25, 0.3) is 6.08 Å². The topological polar surface area (TPSA) is 73.6 Å². The molecule has 1 amide bonds. The van der Waals surface area contributed by atoms with Crippen LogP contribution in [-0.2, 0) is 9.59 Å². The molecule has 0 saturated carbocycles. The van der Waals surface area contributed by atoms with Gasteiger partial charge in [-0.2, -0.15) is 0 Å². The van der Waals surface area contributed by atoms with Crippen molar-refractivity contribution in [3.05, 3.63) is 30.2 Å². The Morgan fingerprint density at radius 2 is 2.35 bits per heavy atom. The number of carbonyl (C=O) groups is 2. The van der Waals surface area contributed by atoms with Gasteiger partial charge in [0.05, 0.1) is 18.3 Å². The molecule has 1 atom stereocenters. The molecule has 1 saturated heterocycles. The zero-order valence-electron chi connectivity index (χ0n) is 9.17. The number of furan rings is 1. The molecule has 0 spiro atoms. The maximum atomic E-state index is 11.8. The Bertz CT molecular complexity index is 435. The van der Waals surface area contributed by atoms with Gasteiger partial charge in [0.25, 0.3) is 0 Å². The fourth-order valence-corrected chi connectivity index (χ4v) is 1.91. The summed E-state index contributed by atoms with van der Waals surface area (Å²) >= 11 is 0. The van der Waals surface area contributed by atoms with Gasteiger partial charge in [-0.05, 0) is 31.1 Å². The molecule has 17 heavy (non-hydrogen) atoms. The lowest BCUT2D eigenvalue weighted by Crippen LogP contribution is -2.46. The molecule has 0 aromatic carbocycles. The first kappa shape index (κ1) is 11.4. The van der Waals surface area contributed by atoms with Crippen molar-refractivity contribution in [3.63, 3.8) is 0 Å². The van der Waals surface area contributed by atoms with Gasteiger partial charge in [0, 0.05) is 12.6 Å². The molecule has 5 nitrogen and oxygen atoms in total. The summed E-state index contributed by atoms with van der Waals surface area (Å²) in [4.78, 5) is 23.9. The molecule has 2 heterocycles. The van der Waals surface area contributed by atoms with Crippen LogP contribution < -0.4 is 5.11 Å². The zero-order chi connectivity index (χ0) is 12.3. The predicted octanol–water partition coefficient (Wildman–Crippen LogP) is 0.0337. The fraction of sp³-hybridized carbons (Fsp3) is 0.333. The summed E-state index contributed by atoms with van der Waals surface area (Å²) in [5.41, 5.74) is 0. The highest BCUT2D eigenvalue weighted by Crippen LogP contribution is 2.17. The van der Waals surface area contributed by atoms with Crippen molar-refractivity contribution in [2.24, 2.45) is 0 Å². The molecule has 5 heteroatoms. The van der Waals surface area contributed by atoms with E-state index in [4.69, 9.17) is 4.42 Å². The summed E-state index contributed by atoms with van der Waals surface area (Å²) in [5.74, 6) is -0.960. The van der Waals surface area contributed by atoms with Crippen LogP contribution in [0.4, 0.5) is 0 Å². The first-order valence-corrected chi connectivity index (χ1v) is 5.41. The van der Waals surface area contributed by atoms with Crippen molar-refractivity contribution < 1.29 is 19.1 Å². The van der Waals surface area contributed by atoms with Crippen LogP contribution >= 0.6 is 0 Å². The van der Waals surface area contributed by atoms with E-state index >= 15 is 0 Å². The molecule has 0 bridgehead atoms. The van der Waals surface area contributed by atoms with Gasteiger partial charge in [0.2, 0.25) is 5.91 Å². The number of amides is 1. The fourth-order valence-electron chi connectivity index (χ4n) is 1.91. The van der Waals surface area contributed by atoms with E-state index in [0.29, 0.717) is 25.1 Å². The molecule has 1 aliphatic heterocycles. The van der Waals surface area contributed by atoms with Crippen molar-refractivity contribution in [2.75, 3.05) is 6.54 Å². The number of carboxylic acid groups (broad SMARTS) is 1. The molecule has 1 aromatic rings. The van der Waals surface area contributed by atoms with Crippen LogP contribution in [0, 0.1) is 0 Å². The lowest BCUT2D eigenvalue weighted by Gasteiger charge is -2.23. The van der Waals surface area contributed by atoms with Crippen LogP contribution in [0.15, 0.2) is 28.9 Å². The quantitative estimate of drug-likeness (QED) is 0.692. The first-order valence-electron chi connectivity index (χ1n) is 5.41. The summed E-state index contributed by atoms with van der Waals surface area (Å²) in [7, 11) is 0. The van der Waals surface area contributed by atoms with Gasteiger partial charge in [0.1, 0.15) is 5.76 Å². The summed E-state index contributed by atoms with van der Waals surface area (Å²) in [5, 5.41) is 10.8. The van der Waals surface area contributed by atoms with E-state index in [-0.39, 0.29) is 5.91 Å². The number of rotatable bonds is 3. The summed E-state index contributed by atoms with van der Waals surface area (Å²) < 4.78 is 5.03. The third-order valence-corrected chi connectivity index (χ3v) is 2.74. The SMILES string of the molecule is O=C([O-])C1CCCN1C(=O)C=Cc1ccco1. The van der Waals surface area contributed by atoms with Crippen molar-refractivity contribution >= 4 is 18.0 Å². The molecule has 1 aromatic heterocycles. The Labute approximate surface area is 98.3 Å². The number of carboxylic acids is 1. The molecule has 0 N–H and O–H groups in total. The van der Waals surface area contributed by atoms with Gasteiger partial charge < -0.3 is 19.2 Å². The number of hydrogen-bond donors (Lipinski definition) is 0.